The molecule has 158 valence electrons. The van der Waals surface area contributed by atoms with E-state index in [4.69, 9.17) is 9.47 Å². The maximum atomic E-state index is 15.8. The van der Waals surface area contributed by atoms with Gasteiger partial charge in [0, 0.05) is 5.39 Å². The van der Waals surface area contributed by atoms with Crippen LogP contribution in [0.3, 0.4) is 0 Å². The van der Waals surface area contributed by atoms with Crippen LogP contribution >= 0.6 is 0 Å². The number of fused-ring (bicyclic) bond motifs is 1. The number of rotatable bonds is 7. The van der Waals surface area contributed by atoms with Crippen LogP contribution < -0.4 is 9.47 Å². The van der Waals surface area contributed by atoms with Crippen LogP contribution in [0.2, 0.25) is 0 Å². The lowest BCUT2D eigenvalue weighted by atomic mass is 10.1. The molecule has 31 heavy (non-hydrogen) atoms. The molecule has 1 aromatic heterocycles. The highest BCUT2D eigenvalue weighted by molar-refractivity contribution is 5.94. The molecule has 0 amide bonds. The van der Waals surface area contributed by atoms with Crippen LogP contribution in [0.4, 0.5) is 8.78 Å². The molecule has 7 heteroatoms. The van der Waals surface area contributed by atoms with Gasteiger partial charge < -0.3 is 19.1 Å². The maximum absolute atomic E-state index is 15.8. The highest BCUT2D eigenvalue weighted by Crippen LogP contribution is 2.36. The summed E-state index contributed by atoms with van der Waals surface area (Å²) in [4.78, 5) is 11.4. The van der Waals surface area contributed by atoms with Gasteiger partial charge in [0.25, 0.3) is 0 Å². The SMILES string of the molecule is COc1c(F)cccc1C(F)n1c(COc2ccccc2)cc2cc(C(=O)O)ccc21. The first kappa shape index (κ1) is 20.4. The summed E-state index contributed by atoms with van der Waals surface area (Å²) in [6.07, 6.45) is -1.78. The second-order valence-electron chi connectivity index (χ2n) is 6.88. The number of aromatic nitrogens is 1. The number of carboxylic acid groups (broad SMARTS) is 1. The number of aromatic carboxylic acids is 1. The minimum absolute atomic E-state index is 0.0169. The van der Waals surface area contributed by atoms with E-state index in [1.165, 1.54) is 48.1 Å². The molecule has 4 aromatic rings. The molecule has 3 aromatic carbocycles. The van der Waals surface area contributed by atoms with Crippen LogP contribution in [0.25, 0.3) is 10.9 Å². The predicted molar refractivity (Wildman–Crippen MR) is 112 cm³/mol. The van der Waals surface area contributed by atoms with E-state index in [9.17, 15) is 14.3 Å². The third-order valence-electron chi connectivity index (χ3n) is 4.98. The number of alkyl halides is 1. The number of para-hydroxylation sites is 2. The van der Waals surface area contributed by atoms with Crippen molar-refractivity contribution in [3.8, 4) is 11.5 Å². The summed E-state index contributed by atoms with van der Waals surface area (Å²) in [5.74, 6) is -1.34. The highest BCUT2D eigenvalue weighted by atomic mass is 19.1. The number of benzene rings is 3. The average molecular weight is 423 g/mol. The molecule has 5 nitrogen and oxygen atoms in total. The number of carbonyl (C=O) groups is 1. The number of carboxylic acids is 1. The van der Waals surface area contributed by atoms with Crippen LogP contribution in [0.5, 0.6) is 11.5 Å². The predicted octanol–water partition coefficient (Wildman–Crippen LogP) is 5.58. The van der Waals surface area contributed by atoms with Crippen molar-refractivity contribution in [2.45, 2.75) is 12.9 Å². The van der Waals surface area contributed by atoms with Crippen molar-refractivity contribution in [2.75, 3.05) is 7.11 Å². The van der Waals surface area contributed by atoms with Gasteiger partial charge in [-0.15, -0.1) is 0 Å². The van der Waals surface area contributed by atoms with Crippen LogP contribution in [0.15, 0.2) is 72.8 Å². The Kier molecular flexibility index (Phi) is 5.58. The lowest BCUT2D eigenvalue weighted by Gasteiger charge is -2.19. The molecule has 0 spiro atoms. The molecule has 1 atom stereocenters. The molecule has 0 saturated heterocycles. The molecule has 0 radical (unpaired) electrons. The number of hydrogen-bond donors (Lipinski definition) is 1. The monoisotopic (exact) mass is 423 g/mol. The largest absolute Gasteiger partial charge is 0.493 e. The van der Waals surface area contributed by atoms with Crippen molar-refractivity contribution in [3.63, 3.8) is 0 Å². The van der Waals surface area contributed by atoms with Gasteiger partial charge in [-0.2, -0.15) is 0 Å². The zero-order chi connectivity index (χ0) is 22.0. The smallest absolute Gasteiger partial charge is 0.335 e. The molecule has 1 heterocycles. The van der Waals surface area contributed by atoms with E-state index in [1.807, 2.05) is 18.2 Å². The number of methoxy groups -OCH3 is 1. The van der Waals surface area contributed by atoms with Gasteiger partial charge >= 0.3 is 5.97 Å². The van der Waals surface area contributed by atoms with Crippen molar-refractivity contribution in [1.29, 1.82) is 0 Å². The van der Waals surface area contributed by atoms with E-state index in [0.717, 1.165) is 0 Å². The first-order valence-electron chi connectivity index (χ1n) is 9.51. The Bertz CT molecular complexity index is 1240. The molecular weight excluding hydrogens is 404 g/mol. The fourth-order valence-electron chi connectivity index (χ4n) is 3.55. The van der Waals surface area contributed by atoms with Crippen molar-refractivity contribution in [3.05, 3.63) is 95.4 Å². The van der Waals surface area contributed by atoms with Crippen molar-refractivity contribution in [2.24, 2.45) is 0 Å². The maximum Gasteiger partial charge on any atom is 0.335 e. The highest BCUT2D eigenvalue weighted by Gasteiger charge is 2.24. The summed E-state index contributed by atoms with van der Waals surface area (Å²) < 4.78 is 42.3. The first-order valence-corrected chi connectivity index (χ1v) is 9.51. The quantitative estimate of drug-likeness (QED) is 0.421. The lowest BCUT2D eigenvalue weighted by molar-refractivity contribution is 0.0697. The third-order valence-corrected chi connectivity index (χ3v) is 4.98. The third kappa shape index (κ3) is 3.94. The second-order valence-corrected chi connectivity index (χ2v) is 6.88. The van der Waals surface area contributed by atoms with Crippen LogP contribution in [-0.2, 0) is 6.61 Å². The molecule has 0 aliphatic carbocycles. The topological polar surface area (TPSA) is 60.7 Å². The van der Waals surface area contributed by atoms with Crippen molar-refractivity contribution < 1.29 is 28.2 Å². The van der Waals surface area contributed by atoms with Gasteiger partial charge in [0.1, 0.15) is 12.4 Å². The zero-order valence-corrected chi connectivity index (χ0v) is 16.6. The molecule has 4 rings (SSSR count). The van der Waals surface area contributed by atoms with Gasteiger partial charge in [0.05, 0.1) is 29.4 Å². The second kappa shape index (κ2) is 8.47. The van der Waals surface area contributed by atoms with Crippen LogP contribution in [-0.4, -0.2) is 22.8 Å². The average Bonchev–Trinajstić information content (AvgIpc) is 3.15. The van der Waals surface area contributed by atoms with E-state index >= 15 is 4.39 Å². The van der Waals surface area contributed by atoms with Crippen LogP contribution in [0, 0.1) is 5.82 Å². The molecule has 0 fully saturated rings. The lowest BCUT2D eigenvalue weighted by Crippen LogP contribution is -2.12. The van der Waals surface area contributed by atoms with E-state index in [-0.39, 0.29) is 23.5 Å². The fourth-order valence-corrected chi connectivity index (χ4v) is 3.55. The van der Waals surface area contributed by atoms with Gasteiger partial charge in [-0.1, -0.05) is 30.3 Å². The minimum atomic E-state index is -1.78. The van der Waals surface area contributed by atoms with Gasteiger partial charge in [0.15, 0.2) is 11.6 Å². The number of halogens is 2. The molecule has 0 aliphatic heterocycles. The van der Waals surface area contributed by atoms with Gasteiger partial charge in [-0.3, -0.25) is 0 Å². The molecule has 0 saturated carbocycles. The Hall–Kier alpha value is -3.87. The summed E-state index contributed by atoms with van der Waals surface area (Å²) in [6, 6.07) is 19.2. The molecular formula is C24H19F2NO4. The van der Waals surface area contributed by atoms with E-state index < -0.39 is 18.1 Å². The Morgan fingerprint density at radius 2 is 1.84 bits per heavy atom. The van der Waals surface area contributed by atoms with Crippen molar-refractivity contribution in [1.82, 2.24) is 4.57 Å². The van der Waals surface area contributed by atoms with E-state index in [1.54, 1.807) is 18.2 Å². The molecule has 1 unspecified atom stereocenters. The van der Waals surface area contributed by atoms with E-state index in [0.29, 0.717) is 22.3 Å². The summed E-state index contributed by atoms with van der Waals surface area (Å²) in [5, 5.41) is 9.83. The molecule has 1 N–H and O–H groups in total. The van der Waals surface area contributed by atoms with Crippen LogP contribution in [0.1, 0.15) is 27.9 Å². The Balaban J connectivity index is 1.83. The fraction of sp³-hybridized carbons (Fsp3) is 0.125. The zero-order valence-electron chi connectivity index (χ0n) is 16.6. The normalized spacial score (nSPS) is 12.0. The molecule has 0 aliphatic rings. The first-order chi connectivity index (χ1) is 15.0. The summed E-state index contributed by atoms with van der Waals surface area (Å²) in [7, 11) is 1.28. The van der Waals surface area contributed by atoms with E-state index in [2.05, 4.69) is 0 Å². The Labute approximate surface area is 177 Å². The Morgan fingerprint density at radius 1 is 1.06 bits per heavy atom. The Morgan fingerprint density at radius 3 is 2.55 bits per heavy atom. The standard InChI is InChI=1S/C24H19F2NO4/c1-30-22-19(8-5-9-20(22)25)23(26)27-17(14-31-18-6-3-2-4-7-18)13-16-12-15(24(28)29)10-11-21(16)27/h2-13,23H,14H2,1H3,(H,28,29). The molecule has 0 bridgehead atoms. The summed E-state index contributed by atoms with van der Waals surface area (Å²) >= 11 is 0. The minimum Gasteiger partial charge on any atom is -0.493 e. The van der Waals surface area contributed by atoms with Gasteiger partial charge in [-0.25, -0.2) is 13.6 Å². The van der Waals surface area contributed by atoms with Gasteiger partial charge in [-0.05, 0) is 42.5 Å². The van der Waals surface area contributed by atoms with Crippen molar-refractivity contribution >= 4 is 16.9 Å². The summed E-state index contributed by atoms with van der Waals surface area (Å²) in [6.45, 7) is 0.0269. The number of nitrogens with zero attached hydrogens (tertiary/aromatic N) is 1. The summed E-state index contributed by atoms with van der Waals surface area (Å²) in [5.41, 5.74) is 1.01. The van der Waals surface area contributed by atoms with Gasteiger partial charge in [0.2, 0.25) is 6.30 Å². The number of ether oxygens (including phenoxy) is 2. The number of hydrogen-bond acceptors (Lipinski definition) is 3.